The van der Waals surface area contributed by atoms with Crippen LogP contribution in [0.2, 0.25) is 0 Å². The molecule has 0 spiro atoms. The monoisotopic (exact) mass is 1120 g/mol. The summed E-state index contributed by atoms with van der Waals surface area (Å²) in [7, 11) is 0. The van der Waals surface area contributed by atoms with Crippen molar-refractivity contribution in [2.75, 3.05) is 13.2 Å². The van der Waals surface area contributed by atoms with Crippen molar-refractivity contribution >= 4 is 11.9 Å². The van der Waals surface area contributed by atoms with Crippen LogP contribution in [0.25, 0.3) is 0 Å². The van der Waals surface area contributed by atoms with E-state index in [1.807, 2.05) is 6.08 Å². The van der Waals surface area contributed by atoms with Gasteiger partial charge in [0.1, 0.15) is 0 Å². The molecule has 0 heterocycles. The summed E-state index contributed by atoms with van der Waals surface area (Å²) < 4.78 is 5.50. The minimum atomic E-state index is -0.846. The van der Waals surface area contributed by atoms with Crippen molar-refractivity contribution in [1.82, 2.24) is 5.32 Å². The first-order chi connectivity index (χ1) is 39.5. The van der Waals surface area contributed by atoms with Crippen LogP contribution in [-0.2, 0) is 14.3 Å². The van der Waals surface area contributed by atoms with Gasteiger partial charge in [0.15, 0.2) is 0 Å². The Morgan fingerprint density at radius 1 is 0.350 bits per heavy atom. The molecule has 0 aliphatic rings. The second kappa shape index (κ2) is 69.3. The van der Waals surface area contributed by atoms with E-state index >= 15 is 0 Å². The van der Waals surface area contributed by atoms with Crippen molar-refractivity contribution in [3.8, 4) is 0 Å². The molecule has 3 N–H and O–H groups in total. The van der Waals surface area contributed by atoms with Crippen LogP contribution in [0.1, 0.15) is 386 Å². The van der Waals surface area contributed by atoms with Crippen molar-refractivity contribution in [2.24, 2.45) is 0 Å². The number of unbranched alkanes of at least 4 members (excludes halogenated alkanes) is 50. The number of rotatable bonds is 67. The van der Waals surface area contributed by atoms with Crippen LogP contribution in [0.15, 0.2) is 48.6 Å². The molecule has 0 aromatic rings. The third-order valence-electron chi connectivity index (χ3n) is 16.6. The number of allylic oxidation sites excluding steroid dienone is 7. The number of carbonyl (C=O) groups is 2. The predicted molar refractivity (Wildman–Crippen MR) is 352 cm³/mol. The fourth-order valence-electron chi connectivity index (χ4n) is 11.1. The standard InChI is InChI=1S/C74H139NO5/c1-3-5-7-9-11-13-15-17-19-34-38-42-46-50-54-58-62-66-72(77)71(70-76)75-73(78)67-63-59-55-51-47-43-39-36-32-30-28-26-24-22-21-23-25-27-29-31-33-37-41-45-49-53-57-61-65-69-80-74(79)68-64-60-56-52-48-44-40-35-20-18-16-14-12-10-8-6-4-2/h18,20-21,23,27,29,62,66,71-72,76-77H,3-17,19,22,24-26,28,30-61,63-65,67-70H2,1-2H3,(H,75,78)/b20-18-,23-21-,29-27-,66-62+. The van der Waals surface area contributed by atoms with Gasteiger partial charge in [0.25, 0.3) is 0 Å². The Morgan fingerprint density at radius 3 is 0.963 bits per heavy atom. The van der Waals surface area contributed by atoms with Crippen LogP contribution >= 0.6 is 0 Å². The summed E-state index contributed by atoms with van der Waals surface area (Å²) in [5.74, 6) is -0.0582. The minimum absolute atomic E-state index is 0.00855. The lowest BCUT2D eigenvalue weighted by molar-refractivity contribution is -0.143. The summed E-state index contributed by atoms with van der Waals surface area (Å²) in [5.41, 5.74) is 0. The largest absolute Gasteiger partial charge is 0.466 e. The average Bonchev–Trinajstić information content (AvgIpc) is 3.46. The van der Waals surface area contributed by atoms with Crippen molar-refractivity contribution in [1.29, 1.82) is 0 Å². The SMILES string of the molecule is CCCCCCCC/C=C\CCCCCCCCCC(=O)OCCCCCCCCCCC/C=C\C/C=C\CCCCCCCCCCCCCCCC(=O)NC(CO)C(O)/C=C/CCCCCCCCCCCCCCCCC. The highest BCUT2D eigenvalue weighted by atomic mass is 16.5. The highest BCUT2D eigenvalue weighted by molar-refractivity contribution is 5.76. The van der Waals surface area contributed by atoms with Gasteiger partial charge in [-0.3, -0.25) is 9.59 Å². The van der Waals surface area contributed by atoms with Crippen LogP contribution in [-0.4, -0.2) is 47.4 Å². The molecule has 0 aliphatic carbocycles. The van der Waals surface area contributed by atoms with Crippen molar-refractivity contribution < 1.29 is 24.5 Å². The molecular weight excluding hydrogens is 983 g/mol. The fourth-order valence-corrected chi connectivity index (χ4v) is 11.1. The van der Waals surface area contributed by atoms with Crippen molar-refractivity contribution in [3.63, 3.8) is 0 Å². The third kappa shape index (κ3) is 65.0. The Labute approximate surface area is 499 Å². The van der Waals surface area contributed by atoms with E-state index in [2.05, 4.69) is 55.6 Å². The molecule has 470 valence electrons. The number of carbonyl (C=O) groups excluding carboxylic acids is 2. The quantitative estimate of drug-likeness (QED) is 0.0320. The number of nitrogens with one attached hydrogen (secondary N) is 1. The topological polar surface area (TPSA) is 95.9 Å². The van der Waals surface area contributed by atoms with Crippen LogP contribution in [0, 0.1) is 0 Å². The maximum Gasteiger partial charge on any atom is 0.305 e. The number of esters is 1. The van der Waals surface area contributed by atoms with Crippen LogP contribution in [0.4, 0.5) is 0 Å². The van der Waals surface area contributed by atoms with Gasteiger partial charge in [0, 0.05) is 12.8 Å². The first-order valence-corrected chi connectivity index (χ1v) is 35.9. The van der Waals surface area contributed by atoms with Crippen LogP contribution in [0.3, 0.4) is 0 Å². The van der Waals surface area contributed by atoms with Gasteiger partial charge >= 0.3 is 5.97 Å². The second-order valence-corrected chi connectivity index (χ2v) is 24.6. The van der Waals surface area contributed by atoms with Gasteiger partial charge < -0.3 is 20.3 Å². The molecule has 6 nitrogen and oxygen atoms in total. The van der Waals surface area contributed by atoms with Gasteiger partial charge in [-0.2, -0.15) is 0 Å². The smallest absolute Gasteiger partial charge is 0.305 e. The molecule has 0 fully saturated rings. The molecule has 0 aliphatic heterocycles. The van der Waals surface area contributed by atoms with Crippen LogP contribution in [0.5, 0.6) is 0 Å². The Kier molecular flexibility index (Phi) is 67.4. The van der Waals surface area contributed by atoms with Crippen molar-refractivity contribution in [3.05, 3.63) is 48.6 Å². The molecule has 2 atom stereocenters. The Balaban J connectivity index is 3.42. The number of hydrogen-bond donors (Lipinski definition) is 3. The molecule has 0 aromatic carbocycles. The summed E-state index contributed by atoms with van der Waals surface area (Å²) >= 11 is 0. The average molecular weight is 1120 g/mol. The summed E-state index contributed by atoms with van der Waals surface area (Å²) in [6, 6.07) is -0.630. The summed E-state index contributed by atoms with van der Waals surface area (Å²) in [6.07, 6.45) is 90.5. The van der Waals surface area contributed by atoms with Gasteiger partial charge in [-0.15, -0.1) is 0 Å². The van der Waals surface area contributed by atoms with Gasteiger partial charge in [0.05, 0.1) is 25.4 Å². The minimum Gasteiger partial charge on any atom is -0.466 e. The zero-order valence-electron chi connectivity index (χ0n) is 53.8. The van der Waals surface area contributed by atoms with E-state index in [4.69, 9.17) is 4.74 Å². The number of ether oxygens (including phenoxy) is 1. The first-order valence-electron chi connectivity index (χ1n) is 35.9. The first kappa shape index (κ1) is 77.8. The molecule has 0 saturated heterocycles. The molecule has 0 bridgehead atoms. The molecule has 2 unspecified atom stereocenters. The van der Waals surface area contributed by atoms with Crippen LogP contribution < -0.4 is 5.32 Å². The lowest BCUT2D eigenvalue weighted by atomic mass is 10.0. The zero-order valence-corrected chi connectivity index (χ0v) is 53.8. The highest BCUT2D eigenvalue weighted by Crippen LogP contribution is 2.18. The summed E-state index contributed by atoms with van der Waals surface area (Å²) in [6.45, 7) is 4.92. The van der Waals surface area contributed by atoms with E-state index in [9.17, 15) is 19.8 Å². The predicted octanol–water partition coefficient (Wildman–Crippen LogP) is 23.3. The fraction of sp³-hybridized carbons (Fsp3) is 0.865. The highest BCUT2D eigenvalue weighted by Gasteiger charge is 2.18. The second-order valence-electron chi connectivity index (χ2n) is 24.6. The van der Waals surface area contributed by atoms with E-state index in [0.717, 1.165) is 51.4 Å². The van der Waals surface area contributed by atoms with E-state index in [1.54, 1.807) is 6.08 Å². The molecule has 1 amide bonds. The number of hydrogen-bond acceptors (Lipinski definition) is 5. The van der Waals surface area contributed by atoms with E-state index in [1.165, 1.54) is 308 Å². The van der Waals surface area contributed by atoms with E-state index in [0.29, 0.717) is 19.4 Å². The number of amides is 1. The molecule has 0 rings (SSSR count). The van der Waals surface area contributed by atoms with E-state index < -0.39 is 12.1 Å². The van der Waals surface area contributed by atoms with Crippen molar-refractivity contribution in [2.45, 2.75) is 398 Å². The molecule has 0 saturated carbocycles. The Bertz CT molecular complexity index is 1340. The Hall–Kier alpha value is -2.18. The molecule has 80 heavy (non-hydrogen) atoms. The van der Waals surface area contributed by atoms with Gasteiger partial charge in [0.2, 0.25) is 5.91 Å². The lowest BCUT2D eigenvalue weighted by Crippen LogP contribution is -2.45. The zero-order chi connectivity index (χ0) is 57.8. The normalized spacial score (nSPS) is 12.8. The summed E-state index contributed by atoms with van der Waals surface area (Å²) in [4.78, 5) is 24.6. The number of aliphatic hydroxyl groups is 2. The molecule has 0 radical (unpaired) electrons. The lowest BCUT2D eigenvalue weighted by Gasteiger charge is -2.20. The molecular formula is C74H139NO5. The molecule has 0 aromatic heterocycles. The summed E-state index contributed by atoms with van der Waals surface area (Å²) in [5, 5.41) is 23.2. The van der Waals surface area contributed by atoms with E-state index in [-0.39, 0.29) is 18.5 Å². The maximum absolute atomic E-state index is 12.5. The third-order valence-corrected chi connectivity index (χ3v) is 16.6. The maximum atomic E-state index is 12.5. The molecule has 6 heteroatoms. The van der Waals surface area contributed by atoms with Gasteiger partial charge in [-0.05, 0) is 89.9 Å². The van der Waals surface area contributed by atoms with Gasteiger partial charge in [-0.25, -0.2) is 0 Å². The Morgan fingerprint density at radius 2 is 0.625 bits per heavy atom. The van der Waals surface area contributed by atoms with Gasteiger partial charge in [-0.1, -0.05) is 332 Å². The number of aliphatic hydroxyl groups excluding tert-OH is 2.